The molecule has 0 radical (unpaired) electrons. The van der Waals surface area contributed by atoms with Crippen LogP contribution in [0.15, 0.2) is 12.4 Å². The lowest BCUT2D eigenvalue weighted by Crippen LogP contribution is -2.27. The molecule has 0 bridgehead atoms. The Labute approximate surface area is 129 Å². The number of carbonyl (C=O) groups is 2. The van der Waals surface area contributed by atoms with Crippen molar-refractivity contribution in [2.24, 2.45) is 11.8 Å². The molecule has 0 unspecified atom stereocenters. The Balaban J connectivity index is 1.80. The third-order valence-corrected chi connectivity index (χ3v) is 4.36. The molecule has 1 aliphatic carbocycles. The SMILES string of the molecule is COC(=O)C1CCC(C(=O)CCc2nccnc2Cl)CC1. The molecule has 0 aliphatic heterocycles. The van der Waals surface area contributed by atoms with Gasteiger partial charge in [0.05, 0.1) is 18.7 Å². The first-order valence-corrected chi connectivity index (χ1v) is 7.55. The molecule has 0 amide bonds. The monoisotopic (exact) mass is 310 g/mol. The quantitative estimate of drug-likeness (QED) is 0.782. The van der Waals surface area contributed by atoms with E-state index < -0.39 is 0 Å². The van der Waals surface area contributed by atoms with Gasteiger partial charge in [0.25, 0.3) is 0 Å². The summed E-state index contributed by atoms with van der Waals surface area (Å²) < 4.78 is 4.75. The number of ketones is 1. The van der Waals surface area contributed by atoms with Gasteiger partial charge in [-0.05, 0) is 32.1 Å². The maximum absolute atomic E-state index is 12.2. The van der Waals surface area contributed by atoms with Crippen LogP contribution in [0.3, 0.4) is 0 Å². The Morgan fingerprint density at radius 3 is 2.43 bits per heavy atom. The molecule has 1 fully saturated rings. The number of aryl methyl sites for hydroxylation is 1. The highest BCUT2D eigenvalue weighted by atomic mass is 35.5. The number of methoxy groups -OCH3 is 1. The number of ether oxygens (including phenoxy) is 1. The van der Waals surface area contributed by atoms with Gasteiger partial charge in [-0.2, -0.15) is 0 Å². The first kappa shape index (κ1) is 15.9. The molecule has 6 heteroatoms. The molecule has 1 aliphatic rings. The fraction of sp³-hybridized carbons (Fsp3) is 0.600. The molecule has 0 atom stereocenters. The predicted molar refractivity (Wildman–Crippen MR) is 77.8 cm³/mol. The van der Waals surface area contributed by atoms with Gasteiger partial charge in [0.2, 0.25) is 0 Å². The average molecular weight is 311 g/mol. The third-order valence-electron chi connectivity index (χ3n) is 4.05. The topological polar surface area (TPSA) is 69.2 Å². The largest absolute Gasteiger partial charge is 0.469 e. The summed E-state index contributed by atoms with van der Waals surface area (Å²) in [6.45, 7) is 0. The minimum atomic E-state index is -0.160. The second-order valence-electron chi connectivity index (χ2n) is 5.33. The van der Waals surface area contributed by atoms with Crippen LogP contribution in [0.25, 0.3) is 0 Å². The van der Waals surface area contributed by atoms with E-state index in [1.807, 2.05) is 0 Å². The number of hydrogen-bond acceptors (Lipinski definition) is 5. The van der Waals surface area contributed by atoms with Crippen LogP contribution >= 0.6 is 11.6 Å². The first-order valence-electron chi connectivity index (χ1n) is 7.17. The van der Waals surface area contributed by atoms with E-state index in [0.29, 0.717) is 23.7 Å². The summed E-state index contributed by atoms with van der Waals surface area (Å²) in [7, 11) is 1.41. The summed E-state index contributed by atoms with van der Waals surface area (Å²) in [5.74, 6) is 0.0575. The van der Waals surface area contributed by atoms with Crippen molar-refractivity contribution in [1.29, 1.82) is 0 Å². The molecule has 0 aromatic carbocycles. The van der Waals surface area contributed by atoms with Crippen LogP contribution in [0.1, 0.15) is 37.8 Å². The number of nitrogens with zero attached hydrogens (tertiary/aromatic N) is 2. The number of esters is 1. The normalized spacial score (nSPS) is 21.8. The lowest BCUT2D eigenvalue weighted by atomic mass is 9.79. The Morgan fingerprint density at radius 1 is 1.19 bits per heavy atom. The molecule has 1 saturated carbocycles. The van der Waals surface area contributed by atoms with Crippen LogP contribution in [0.4, 0.5) is 0 Å². The highest BCUT2D eigenvalue weighted by Gasteiger charge is 2.30. The standard InChI is InChI=1S/C15H19ClN2O3/c1-21-15(20)11-4-2-10(3-5-11)13(19)7-6-12-14(16)18-9-8-17-12/h8-11H,2-7H2,1H3. The number of hydrogen-bond donors (Lipinski definition) is 0. The smallest absolute Gasteiger partial charge is 0.308 e. The van der Waals surface area contributed by atoms with Crippen LogP contribution < -0.4 is 0 Å². The van der Waals surface area contributed by atoms with Crippen molar-refractivity contribution in [2.45, 2.75) is 38.5 Å². The summed E-state index contributed by atoms with van der Waals surface area (Å²) in [6, 6.07) is 0. The second kappa shape index (κ2) is 7.50. The van der Waals surface area contributed by atoms with Gasteiger partial charge in [-0.3, -0.25) is 14.6 Å². The molecule has 0 spiro atoms. The van der Waals surface area contributed by atoms with E-state index in [0.717, 1.165) is 25.7 Å². The van der Waals surface area contributed by atoms with Crippen molar-refractivity contribution in [1.82, 2.24) is 9.97 Å². The zero-order valence-electron chi connectivity index (χ0n) is 12.0. The van der Waals surface area contributed by atoms with E-state index >= 15 is 0 Å². The predicted octanol–water partition coefficient (Wildman–Crippen LogP) is 2.61. The Hall–Kier alpha value is -1.49. The number of Topliss-reactive ketones (excluding diaryl/α,β-unsaturated/α-hetero) is 1. The third kappa shape index (κ3) is 4.24. The lowest BCUT2D eigenvalue weighted by molar-refractivity contribution is -0.147. The van der Waals surface area contributed by atoms with Crippen LogP contribution in [-0.2, 0) is 20.7 Å². The second-order valence-corrected chi connectivity index (χ2v) is 5.69. The minimum absolute atomic E-state index is 0.0429. The van der Waals surface area contributed by atoms with Crippen LogP contribution in [-0.4, -0.2) is 28.8 Å². The molecule has 2 rings (SSSR count). The fourth-order valence-corrected chi connectivity index (χ4v) is 2.98. The van der Waals surface area contributed by atoms with Crippen molar-refractivity contribution >= 4 is 23.4 Å². The molecular formula is C15H19ClN2O3. The average Bonchev–Trinajstić information content (AvgIpc) is 2.53. The number of halogens is 1. The number of rotatable bonds is 5. The van der Waals surface area contributed by atoms with Gasteiger partial charge in [-0.15, -0.1) is 0 Å². The van der Waals surface area contributed by atoms with E-state index in [9.17, 15) is 9.59 Å². The zero-order chi connectivity index (χ0) is 15.2. The Morgan fingerprint density at radius 2 is 1.81 bits per heavy atom. The van der Waals surface area contributed by atoms with Gasteiger partial charge in [0.15, 0.2) is 0 Å². The van der Waals surface area contributed by atoms with Gasteiger partial charge in [-0.1, -0.05) is 11.6 Å². The molecule has 1 aromatic heterocycles. The maximum Gasteiger partial charge on any atom is 0.308 e. The number of aromatic nitrogens is 2. The van der Waals surface area contributed by atoms with Gasteiger partial charge in [0, 0.05) is 24.7 Å². The molecule has 1 heterocycles. The zero-order valence-corrected chi connectivity index (χ0v) is 12.8. The van der Waals surface area contributed by atoms with Crippen LogP contribution in [0.5, 0.6) is 0 Å². The van der Waals surface area contributed by atoms with Gasteiger partial charge in [0.1, 0.15) is 10.9 Å². The van der Waals surface area contributed by atoms with E-state index in [1.165, 1.54) is 13.3 Å². The van der Waals surface area contributed by atoms with Crippen molar-refractivity contribution < 1.29 is 14.3 Å². The summed E-state index contributed by atoms with van der Waals surface area (Å²) in [5.41, 5.74) is 0.663. The molecule has 21 heavy (non-hydrogen) atoms. The molecule has 5 nitrogen and oxygen atoms in total. The van der Waals surface area contributed by atoms with Gasteiger partial charge >= 0.3 is 5.97 Å². The molecule has 114 valence electrons. The Kier molecular flexibility index (Phi) is 5.67. The van der Waals surface area contributed by atoms with Crippen molar-refractivity contribution in [3.63, 3.8) is 0 Å². The highest BCUT2D eigenvalue weighted by molar-refractivity contribution is 6.30. The van der Waals surface area contributed by atoms with Gasteiger partial charge in [-0.25, -0.2) is 4.98 Å². The van der Waals surface area contributed by atoms with E-state index in [1.54, 1.807) is 6.20 Å². The van der Waals surface area contributed by atoms with Crippen LogP contribution in [0, 0.1) is 11.8 Å². The summed E-state index contributed by atoms with van der Waals surface area (Å²) >= 11 is 5.93. The molecule has 0 saturated heterocycles. The van der Waals surface area contributed by atoms with Gasteiger partial charge < -0.3 is 4.74 Å². The highest BCUT2D eigenvalue weighted by Crippen LogP contribution is 2.31. The van der Waals surface area contributed by atoms with Crippen molar-refractivity contribution in [2.75, 3.05) is 7.11 Å². The summed E-state index contributed by atoms with van der Waals surface area (Å²) in [6.07, 6.45) is 7.02. The Bertz CT molecular complexity index is 513. The fourth-order valence-electron chi connectivity index (χ4n) is 2.78. The van der Waals surface area contributed by atoms with Crippen molar-refractivity contribution in [3.05, 3.63) is 23.2 Å². The lowest BCUT2D eigenvalue weighted by Gasteiger charge is -2.25. The summed E-state index contributed by atoms with van der Waals surface area (Å²) in [4.78, 5) is 31.8. The van der Waals surface area contributed by atoms with E-state index in [4.69, 9.17) is 16.3 Å². The number of carbonyl (C=O) groups excluding carboxylic acids is 2. The van der Waals surface area contributed by atoms with Crippen LogP contribution in [0.2, 0.25) is 5.15 Å². The maximum atomic E-state index is 12.2. The minimum Gasteiger partial charge on any atom is -0.469 e. The molecule has 1 aromatic rings. The first-order chi connectivity index (χ1) is 10.1. The summed E-state index contributed by atoms with van der Waals surface area (Å²) in [5, 5.41) is 0.361. The molecular weight excluding hydrogens is 292 g/mol. The van der Waals surface area contributed by atoms with E-state index in [2.05, 4.69) is 9.97 Å². The molecule has 0 N–H and O–H groups in total. The van der Waals surface area contributed by atoms with E-state index in [-0.39, 0.29) is 23.6 Å². The van der Waals surface area contributed by atoms with Crippen molar-refractivity contribution in [3.8, 4) is 0 Å².